The molecule has 1 aliphatic heterocycles. The monoisotopic (exact) mass is 261 g/mol. The molecule has 1 aromatic carbocycles. The summed E-state index contributed by atoms with van der Waals surface area (Å²) in [5.74, 6) is 0.254. The minimum Gasteiger partial charge on any atom is -0.399 e. The highest BCUT2D eigenvalue weighted by Crippen LogP contribution is 2.19. The molecular formula is C15H23N3O. The zero-order valence-electron chi connectivity index (χ0n) is 11.8. The van der Waals surface area contributed by atoms with Crippen molar-refractivity contribution >= 4 is 11.6 Å². The first kappa shape index (κ1) is 13.9. The van der Waals surface area contributed by atoms with E-state index in [0.29, 0.717) is 0 Å². The van der Waals surface area contributed by atoms with Gasteiger partial charge in [-0.15, -0.1) is 0 Å². The molecule has 0 spiro atoms. The summed E-state index contributed by atoms with van der Waals surface area (Å²) in [6, 6.07) is 7.97. The normalized spacial score (nSPS) is 19.4. The summed E-state index contributed by atoms with van der Waals surface area (Å²) in [5.41, 5.74) is 7.70. The first-order valence-corrected chi connectivity index (χ1v) is 6.95. The Labute approximate surface area is 115 Å². The van der Waals surface area contributed by atoms with Crippen LogP contribution in [0.2, 0.25) is 0 Å². The molecular weight excluding hydrogens is 238 g/mol. The molecule has 1 aliphatic rings. The Morgan fingerprint density at radius 2 is 2.05 bits per heavy atom. The summed E-state index contributed by atoms with van der Waals surface area (Å²) in [5, 5.41) is 0. The maximum absolute atomic E-state index is 12.1. The first-order chi connectivity index (χ1) is 9.11. The summed E-state index contributed by atoms with van der Waals surface area (Å²) >= 11 is 0. The van der Waals surface area contributed by atoms with Gasteiger partial charge in [0.2, 0.25) is 5.91 Å². The van der Waals surface area contributed by atoms with Crippen molar-refractivity contribution in [2.24, 2.45) is 0 Å². The van der Waals surface area contributed by atoms with Gasteiger partial charge in [0.1, 0.15) is 0 Å². The molecule has 4 heteroatoms. The zero-order valence-corrected chi connectivity index (χ0v) is 11.8. The van der Waals surface area contributed by atoms with Crippen molar-refractivity contribution in [2.75, 3.05) is 25.9 Å². The largest absolute Gasteiger partial charge is 0.399 e. The minimum atomic E-state index is 0.0440. The van der Waals surface area contributed by atoms with Crippen LogP contribution in [-0.4, -0.2) is 41.9 Å². The first-order valence-electron chi connectivity index (χ1n) is 6.95. The number of nitrogen functional groups attached to an aromatic ring is 1. The maximum atomic E-state index is 12.1. The topological polar surface area (TPSA) is 49.6 Å². The van der Waals surface area contributed by atoms with E-state index < -0.39 is 0 Å². The van der Waals surface area contributed by atoms with Crippen molar-refractivity contribution in [2.45, 2.75) is 32.4 Å². The van der Waals surface area contributed by atoms with Crippen LogP contribution in [0.4, 0.5) is 5.69 Å². The molecule has 1 saturated heterocycles. The van der Waals surface area contributed by atoms with Gasteiger partial charge in [-0.25, -0.2) is 0 Å². The van der Waals surface area contributed by atoms with Gasteiger partial charge in [-0.05, 0) is 37.1 Å². The van der Waals surface area contributed by atoms with Crippen LogP contribution in [0.3, 0.4) is 0 Å². The quantitative estimate of drug-likeness (QED) is 0.821. The van der Waals surface area contributed by atoms with E-state index in [0.717, 1.165) is 38.2 Å². The number of likely N-dealkylation sites (tertiary alicyclic amines) is 1. The highest BCUT2D eigenvalue weighted by atomic mass is 16.2. The fourth-order valence-electron chi connectivity index (χ4n) is 2.63. The number of amides is 1. The average Bonchev–Trinajstić information content (AvgIpc) is 2.72. The number of likely N-dealkylation sites (N-methyl/N-ethyl adjacent to an activating group) is 1. The van der Waals surface area contributed by atoms with Crippen LogP contribution >= 0.6 is 0 Å². The lowest BCUT2D eigenvalue weighted by molar-refractivity contribution is -0.131. The van der Waals surface area contributed by atoms with Crippen LogP contribution in [0.1, 0.15) is 25.3 Å². The average molecular weight is 261 g/mol. The standard InChI is InChI=1S/C15H23N3O/c1-3-9-18(14-8-10-17(2)15(14)19)11-12-4-6-13(16)7-5-12/h4-7,14H,3,8-11,16H2,1-2H3. The molecule has 2 rings (SSSR count). The van der Waals surface area contributed by atoms with Crippen LogP contribution in [0.25, 0.3) is 0 Å². The number of hydrogen-bond acceptors (Lipinski definition) is 3. The highest BCUT2D eigenvalue weighted by molar-refractivity contribution is 5.83. The van der Waals surface area contributed by atoms with Crippen LogP contribution in [0, 0.1) is 0 Å². The molecule has 0 aromatic heterocycles. The number of carbonyl (C=O) groups excluding carboxylic acids is 1. The molecule has 0 radical (unpaired) electrons. The van der Waals surface area contributed by atoms with E-state index in [4.69, 9.17) is 5.73 Å². The van der Waals surface area contributed by atoms with Gasteiger partial charge in [-0.1, -0.05) is 19.1 Å². The minimum absolute atomic E-state index is 0.0440. The van der Waals surface area contributed by atoms with Crippen molar-refractivity contribution in [3.05, 3.63) is 29.8 Å². The third-order valence-electron chi connectivity index (χ3n) is 3.72. The summed E-state index contributed by atoms with van der Waals surface area (Å²) in [6.45, 7) is 4.79. The fourth-order valence-corrected chi connectivity index (χ4v) is 2.63. The number of hydrogen-bond donors (Lipinski definition) is 1. The van der Waals surface area contributed by atoms with E-state index in [1.54, 1.807) is 0 Å². The third-order valence-corrected chi connectivity index (χ3v) is 3.72. The van der Waals surface area contributed by atoms with E-state index in [1.807, 2.05) is 36.2 Å². The molecule has 4 nitrogen and oxygen atoms in total. The van der Waals surface area contributed by atoms with Crippen molar-refractivity contribution in [1.82, 2.24) is 9.80 Å². The second-order valence-corrected chi connectivity index (χ2v) is 5.28. The van der Waals surface area contributed by atoms with Crippen molar-refractivity contribution in [3.63, 3.8) is 0 Å². The third kappa shape index (κ3) is 3.26. The second-order valence-electron chi connectivity index (χ2n) is 5.28. The van der Waals surface area contributed by atoms with Crippen molar-refractivity contribution < 1.29 is 4.79 Å². The zero-order chi connectivity index (χ0) is 13.8. The fraction of sp³-hybridized carbons (Fsp3) is 0.533. The van der Waals surface area contributed by atoms with Gasteiger partial charge in [0.15, 0.2) is 0 Å². The highest BCUT2D eigenvalue weighted by Gasteiger charge is 2.33. The molecule has 19 heavy (non-hydrogen) atoms. The van der Waals surface area contributed by atoms with Crippen LogP contribution in [-0.2, 0) is 11.3 Å². The predicted molar refractivity (Wildman–Crippen MR) is 77.6 cm³/mol. The van der Waals surface area contributed by atoms with E-state index in [1.165, 1.54) is 5.56 Å². The SMILES string of the molecule is CCCN(Cc1ccc(N)cc1)C1CCN(C)C1=O. The Kier molecular flexibility index (Phi) is 4.43. The Hall–Kier alpha value is -1.55. The molecule has 1 fully saturated rings. The second kappa shape index (κ2) is 6.06. The smallest absolute Gasteiger partial charge is 0.239 e. The van der Waals surface area contributed by atoms with Gasteiger partial charge in [-0.2, -0.15) is 0 Å². The number of anilines is 1. The molecule has 0 bridgehead atoms. The molecule has 0 aliphatic carbocycles. The predicted octanol–water partition coefficient (Wildman–Crippen LogP) is 1.71. The number of benzene rings is 1. The van der Waals surface area contributed by atoms with E-state index in [-0.39, 0.29) is 11.9 Å². The molecule has 1 amide bonds. The van der Waals surface area contributed by atoms with Gasteiger partial charge in [0, 0.05) is 25.8 Å². The molecule has 1 atom stereocenters. The van der Waals surface area contributed by atoms with Crippen LogP contribution < -0.4 is 5.73 Å². The van der Waals surface area contributed by atoms with Crippen molar-refractivity contribution in [3.8, 4) is 0 Å². The van der Waals surface area contributed by atoms with Gasteiger partial charge < -0.3 is 10.6 Å². The molecule has 104 valence electrons. The number of rotatable bonds is 5. The summed E-state index contributed by atoms with van der Waals surface area (Å²) in [7, 11) is 1.88. The van der Waals surface area contributed by atoms with E-state index in [9.17, 15) is 4.79 Å². The van der Waals surface area contributed by atoms with Gasteiger partial charge in [0.25, 0.3) is 0 Å². The van der Waals surface area contributed by atoms with Crippen LogP contribution in [0.15, 0.2) is 24.3 Å². The van der Waals surface area contributed by atoms with Crippen molar-refractivity contribution in [1.29, 1.82) is 0 Å². The number of nitrogens with two attached hydrogens (primary N) is 1. The maximum Gasteiger partial charge on any atom is 0.239 e. The van der Waals surface area contributed by atoms with Gasteiger partial charge in [-0.3, -0.25) is 9.69 Å². The Bertz CT molecular complexity index is 430. The molecule has 1 aromatic rings. The van der Waals surface area contributed by atoms with E-state index >= 15 is 0 Å². The van der Waals surface area contributed by atoms with Crippen LogP contribution in [0.5, 0.6) is 0 Å². The Balaban J connectivity index is 2.07. The summed E-state index contributed by atoms with van der Waals surface area (Å²) in [6.07, 6.45) is 1.99. The molecule has 1 unspecified atom stereocenters. The molecule has 1 heterocycles. The van der Waals surface area contributed by atoms with Gasteiger partial charge >= 0.3 is 0 Å². The summed E-state index contributed by atoms with van der Waals surface area (Å²) in [4.78, 5) is 16.2. The number of carbonyl (C=O) groups is 1. The van der Waals surface area contributed by atoms with E-state index in [2.05, 4.69) is 11.8 Å². The Morgan fingerprint density at radius 1 is 1.37 bits per heavy atom. The lowest BCUT2D eigenvalue weighted by Crippen LogP contribution is -2.41. The number of nitrogens with zero attached hydrogens (tertiary/aromatic N) is 2. The lowest BCUT2D eigenvalue weighted by atomic mass is 10.1. The summed E-state index contributed by atoms with van der Waals surface area (Å²) < 4.78 is 0. The molecule has 0 saturated carbocycles. The Morgan fingerprint density at radius 3 is 2.58 bits per heavy atom. The molecule has 2 N–H and O–H groups in total. The lowest BCUT2D eigenvalue weighted by Gasteiger charge is -2.27. The van der Waals surface area contributed by atoms with Gasteiger partial charge in [0.05, 0.1) is 6.04 Å².